The number of likely N-dealkylation sites (tertiary alicyclic amines) is 1. The molecule has 0 bridgehead atoms. The van der Waals surface area contributed by atoms with Crippen LogP contribution in [-0.2, 0) is 75.2 Å². The molecular weight excluding hydrogens is 1170 g/mol. The minimum atomic E-state index is -1.54. The zero-order valence-electron chi connectivity index (χ0n) is 52.1. The molecule has 12 unspecified atom stereocenters. The van der Waals surface area contributed by atoms with E-state index >= 15 is 0 Å². The van der Waals surface area contributed by atoms with Crippen LogP contribution in [0.15, 0.2) is 54.6 Å². The number of unbranched alkanes of at least 4 members (excludes halogenated alkanes) is 2. The van der Waals surface area contributed by atoms with Crippen LogP contribution in [0.4, 0.5) is 0 Å². The number of carbonyl (C=O) groups is 13. The van der Waals surface area contributed by atoms with E-state index in [-0.39, 0.29) is 38.0 Å². The van der Waals surface area contributed by atoms with Crippen molar-refractivity contribution in [2.24, 2.45) is 28.9 Å². The summed E-state index contributed by atoms with van der Waals surface area (Å²) in [5.74, 6) is -11.5. The largest absolute Gasteiger partial charge is 0.508 e. The molecular formula is C60H93N15O15. The maximum absolute atomic E-state index is 14.3. The maximum Gasteiger partial charge on any atom is 0.303 e. The smallest absolute Gasteiger partial charge is 0.303 e. The summed E-state index contributed by atoms with van der Waals surface area (Å²) in [6.45, 7) is 8.92. The summed E-state index contributed by atoms with van der Waals surface area (Å²) < 4.78 is 0. The molecule has 0 aliphatic carbocycles. The summed E-state index contributed by atoms with van der Waals surface area (Å²) in [4.78, 5) is 175. The van der Waals surface area contributed by atoms with Gasteiger partial charge in [0.05, 0.1) is 12.6 Å². The number of phenolic OH excluding ortho intramolecular Hbond substituents is 1. The fraction of sp³-hybridized carbons (Fsp3) is 0.583. The molecule has 1 heterocycles. The molecule has 30 nitrogen and oxygen atoms in total. The van der Waals surface area contributed by atoms with Gasteiger partial charge in [0.2, 0.25) is 70.9 Å². The van der Waals surface area contributed by atoms with Gasteiger partial charge >= 0.3 is 5.97 Å². The molecule has 12 atom stereocenters. The number of carbonyl (C=O) groups excluding carboxylic acids is 12. The lowest BCUT2D eigenvalue weighted by atomic mass is 9.96. The molecule has 0 radical (unpaired) electrons. The van der Waals surface area contributed by atoms with Crippen LogP contribution < -0.4 is 76.1 Å². The second-order valence-electron chi connectivity index (χ2n) is 22.6. The lowest BCUT2D eigenvalue weighted by Crippen LogP contribution is -2.60. The lowest BCUT2D eigenvalue weighted by molar-refractivity contribution is -0.142. The number of aromatic hydroxyl groups is 1. The van der Waals surface area contributed by atoms with Crippen molar-refractivity contribution < 1.29 is 72.5 Å². The van der Waals surface area contributed by atoms with E-state index < -0.39 is 169 Å². The molecule has 3 rings (SSSR count). The van der Waals surface area contributed by atoms with E-state index in [9.17, 15) is 72.5 Å². The highest BCUT2D eigenvalue weighted by Gasteiger charge is 2.39. The number of phenols is 1. The molecule has 0 saturated carbocycles. The molecule has 0 aromatic heterocycles. The van der Waals surface area contributed by atoms with Gasteiger partial charge in [-0.05, 0) is 121 Å². The van der Waals surface area contributed by atoms with Crippen molar-refractivity contribution in [2.75, 3.05) is 26.2 Å². The van der Waals surface area contributed by atoms with E-state index in [2.05, 4.69) is 53.2 Å². The third kappa shape index (κ3) is 25.7. The van der Waals surface area contributed by atoms with Gasteiger partial charge in [-0.15, -0.1) is 0 Å². The standard InChI is InChI=1S/C60H93N15O15/c1-7-33(2)49(74-52(82)36(5)67-55(85)43(25-26-48(78)79)70-47(77)32-65-54(84)42(19-12-14-28-62)71-53(83)41(63)18-11-13-27-61)59(89)73-45(31-39-21-23-40(76)24-22-39)57(87)68-35(4)51(81)69-37(6)60(90)75-29-15-20-46(75)58(88)72-44(30-38-16-9-8-10-17-38)56(86)66-34(3)50(64)80/h8-10,16-17,21-24,33-37,41-46,49,76H,7,11-15,18-20,25-32,61-63H2,1-6H3,(H2,64,80)(H,65,84)(H,66,86)(H,67,85)(H,68,87)(H,69,81)(H,70,77)(H,71,83)(H,72,88)(H,73,89)(H,74,82)(H,78,79). The number of primary amides is 1. The Morgan fingerprint density at radius 3 is 1.63 bits per heavy atom. The van der Waals surface area contributed by atoms with Crippen molar-refractivity contribution in [3.8, 4) is 5.75 Å². The van der Waals surface area contributed by atoms with Gasteiger partial charge in [-0.25, -0.2) is 0 Å². The molecule has 2 aromatic carbocycles. The summed E-state index contributed by atoms with van der Waals surface area (Å²) >= 11 is 0. The summed E-state index contributed by atoms with van der Waals surface area (Å²) in [5.41, 5.74) is 23.7. The Bertz CT molecular complexity index is 2780. The molecule has 20 N–H and O–H groups in total. The van der Waals surface area contributed by atoms with Gasteiger partial charge in [-0.3, -0.25) is 62.3 Å². The Morgan fingerprint density at radius 2 is 1.07 bits per heavy atom. The summed E-state index contributed by atoms with van der Waals surface area (Å²) in [7, 11) is 0. The van der Waals surface area contributed by atoms with Crippen molar-refractivity contribution in [1.82, 2.24) is 58.1 Å². The number of carboxylic acids is 1. The molecule has 1 aliphatic heterocycles. The minimum Gasteiger partial charge on any atom is -0.508 e. The Balaban J connectivity index is 1.72. The van der Waals surface area contributed by atoms with Gasteiger partial charge in [-0.1, -0.05) is 69.2 Å². The number of hydrogen-bond donors (Lipinski definition) is 16. The number of aliphatic carboxylic acids is 1. The Morgan fingerprint density at radius 1 is 0.556 bits per heavy atom. The first kappa shape index (κ1) is 75.5. The normalized spacial score (nSPS) is 16.4. The second kappa shape index (κ2) is 38.6. The third-order valence-electron chi connectivity index (χ3n) is 15.2. The van der Waals surface area contributed by atoms with Crippen LogP contribution in [0.2, 0.25) is 0 Å². The molecule has 0 spiro atoms. The molecule has 12 amide bonds. The lowest BCUT2D eigenvalue weighted by Gasteiger charge is -2.30. The molecule has 90 heavy (non-hydrogen) atoms. The zero-order valence-corrected chi connectivity index (χ0v) is 52.1. The minimum absolute atomic E-state index is 0.0480. The van der Waals surface area contributed by atoms with Crippen molar-refractivity contribution in [2.45, 2.75) is 191 Å². The van der Waals surface area contributed by atoms with Gasteiger partial charge in [-0.2, -0.15) is 0 Å². The van der Waals surface area contributed by atoms with Gasteiger partial charge < -0.3 is 91.2 Å². The third-order valence-corrected chi connectivity index (χ3v) is 15.2. The Hall–Kier alpha value is -8.77. The number of carboxylic acid groups (broad SMARTS) is 1. The number of nitrogens with zero attached hydrogens (tertiary/aromatic N) is 1. The van der Waals surface area contributed by atoms with E-state index in [1.165, 1.54) is 56.9 Å². The molecule has 1 fully saturated rings. The van der Waals surface area contributed by atoms with Crippen molar-refractivity contribution >= 4 is 76.9 Å². The molecule has 2 aromatic rings. The second-order valence-corrected chi connectivity index (χ2v) is 22.6. The average molecular weight is 1260 g/mol. The van der Waals surface area contributed by atoms with Crippen LogP contribution in [0.1, 0.15) is 123 Å². The van der Waals surface area contributed by atoms with Gasteiger partial charge in [0.25, 0.3) is 0 Å². The first-order valence-corrected chi connectivity index (χ1v) is 30.4. The van der Waals surface area contributed by atoms with Crippen LogP contribution in [0.5, 0.6) is 5.75 Å². The first-order valence-electron chi connectivity index (χ1n) is 30.4. The highest BCUT2D eigenvalue weighted by atomic mass is 16.4. The van der Waals surface area contributed by atoms with E-state index in [0.717, 1.165) is 0 Å². The molecule has 1 saturated heterocycles. The van der Waals surface area contributed by atoms with Gasteiger partial charge in [0.15, 0.2) is 0 Å². The first-order chi connectivity index (χ1) is 42.6. The number of hydrogen-bond acceptors (Lipinski definition) is 17. The quantitative estimate of drug-likeness (QED) is 0.0292. The predicted octanol–water partition coefficient (Wildman–Crippen LogP) is -3.29. The van der Waals surface area contributed by atoms with E-state index in [1.807, 2.05) is 0 Å². The highest BCUT2D eigenvalue weighted by molar-refractivity contribution is 5.99. The Kier molecular flexibility index (Phi) is 32.4. The van der Waals surface area contributed by atoms with Crippen molar-refractivity contribution in [3.63, 3.8) is 0 Å². The van der Waals surface area contributed by atoms with Crippen molar-refractivity contribution in [1.29, 1.82) is 0 Å². The van der Waals surface area contributed by atoms with E-state index in [4.69, 9.17) is 22.9 Å². The van der Waals surface area contributed by atoms with E-state index in [0.29, 0.717) is 69.2 Å². The Labute approximate surface area is 523 Å². The van der Waals surface area contributed by atoms with Crippen LogP contribution in [-0.4, -0.2) is 185 Å². The maximum atomic E-state index is 14.3. The van der Waals surface area contributed by atoms with Crippen LogP contribution >= 0.6 is 0 Å². The van der Waals surface area contributed by atoms with Gasteiger partial charge in [0.1, 0.15) is 66.2 Å². The highest BCUT2D eigenvalue weighted by Crippen LogP contribution is 2.20. The van der Waals surface area contributed by atoms with Gasteiger partial charge in [0, 0.05) is 25.8 Å². The number of nitrogens with two attached hydrogens (primary N) is 4. The summed E-state index contributed by atoms with van der Waals surface area (Å²) in [5, 5.41) is 44.9. The monoisotopic (exact) mass is 1260 g/mol. The van der Waals surface area contributed by atoms with Crippen LogP contribution in [0.25, 0.3) is 0 Å². The summed E-state index contributed by atoms with van der Waals surface area (Å²) in [6.07, 6.45) is 2.44. The van der Waals surface area contributed by atoms with E-state index in [1.54, 1.807) is 44.2 Å². The number of amides is 12. The van der Waals surface area contributed by atoms with Crippen molar-refractivity contribution in [3.05, 3.63) is 65.7 Å². The summed E-state index contributed by atoms with van der Waals surface area (Å²) in [6, 6.07) is 0.884. The number of rotatable bonds is 39. The predicted molar refractivity (Wildman–Crippen MR) is 329 cm³/mol. The van der Waals surface area contributed by atoms with Crippen LogP contribution in [0.3, 0.4) is 0 Å². The number of nitrogens with one attached hydrogen (secondary N) is 10. The van der Waals surface area contributed by atoms with Crippen LogP contribution in [0, 0.1) is 5.92 Å². The number of benzene rings is 2. The fourth-order valence-corrected chi connectivity index (χ4v) is 9.49. The fourth-order valence-electron chi connectivity index (χ4n) is 9.49. The SMILES string of the molecule is CCC(C)C(NC(=O)C(C)NC(=O)C(CCC(=O)O)NC(=O)CNC(=O)C(CCCCN)NC(=O)C(N)CCCCN)C(=O)NC(Cc1ccc(O)cc1)C(=O)NC(C)C(=O)NC(C)C(=O)N1CCCC1C(=O)NC(Cc1ccccc1)C(=O)NC(C)C(N)=O. The molecule has 30 heteroatoms. The zero-order chi connectivity index (χ0) is 67.2. The average Bonchev–Trinajstić information content (AvgIpc) is 1.77. The molecule has 498 valence electrons. The topological polar surface area (TPSA) is 490 Å². The molecule has 1 aliphatic rings.